The monoisotopic (exact) mass is 342 g/mol. The molecule has 2 amide bonds. The van der Waals surface area contributed by atoms with E-state index in [2.05, 4.69) is 11.4 Å². The van der Waals surface area contributed by atoms with Crippen LogP contribution >= 0.6 is 11.8 Å². The molecule has 1 aliphatic heterocycles. The molecule has 1 N–H and O–H groups in total. The molecule has 2 aromatic rings. The number of carbonyl (C=O) groups excluding carboxylic acids is 1. The van der Waals surface area contributed by atoms with E-state index in [0.29, 0.717) is 0 Å². The standard InChI is InChI=1S/C19H22N2O2S/c1-23-15-8-5-7-14(13-15)17-10-6-12-21(17)19(22)20-16-9-3-4-11-18(16)24-2/h3-5,7-9,11,13,17H,6,10,12H2,1-2H3,(H,20,22)/t17-/m1/s1. The highest BCUT2D eigenvalue weighted by Crippen LogP contribution is 2.34. The van der Waals surface area contributed by atoms with E-state index in [1.807, 2.05) is 53.6 Å². The zero-order chi connectivity index (χ0) is 16.9. The average molecular weight is 342 g/mol. The van der Waals surface area contributed by atoms with Gasteiger partial charge in [0.1, 0.15) is 5.75 Å². The van der Waals surface area contributed by atoms with Crippen LogP contribution in [0.2, 0.25) is 0 Å². The lowest BCUT2D eigenvalue weighted by atomic mass is 10.0. The van der Waals surface area contributed by atoms with Gasteiger partial charge < -0.3 is 15.0 Å². The summed E-state index contributed by atoms with van der Waals surface area (Å²) < 4.78 is 5.31. The Hall–Kier alpha value is -2.14. The molecule has 1 saturated heterocycles. The van der Waals surface area contributed by atoms with Gasteiger partial charge in [0.05, 0.1) is 18.8 Å². The van der Waals surface area contributed by atoms with Gasteiger partial charge in [0.2, 0.25) is 0 Å². The van der Waals surface area contributed by atoms with E-state index in [0.717, 1.165) is 41.3 Å². The molecule has 1 aliphatic rings. The molecule has 0 aliphatic carbocycles. The van der Waals surface area contributed by atoms with Crippen LogP contribution in [-0.4, -0.2) is 30.8 Å². The van der Waals surface area contributed by atoms with Gasteiger partial charge in [-0.3, -0.25) is 0 Å². The number of carbonyl (C=O) groups is 1. The summed E-state index contributed by atoms with van der Waals surface area (Å²) in [5.74, 6) is 0.826. The van der Waals surface area contributed by atoms with Crippen molar-refractivity contribution in [2.24, 2.45) is 0 Å². The first-order valence-corrected chi connectivity index (χ1v) is 9.30. The van der Waals surface area contributed by atoms with Crippen LogP contribution in [0.3, 0.4) is 0 Å². The van der Waals surface area contributed by atoms with Gasteiger partial charge in [-0.1, -0.05) is 24.3 Å². The van der Waals surface area contributed by atoms with Crippen molar-refractivity contribution < 1.29 is 9.53 Å². The Kier molecular flexibility index (Phi) is 5.30. The number of hydrogen-bond donors (Lipinski definition) is 1. The Balaban J connectivity index is 1.78. The van der Waals surface area contributed by atoms with Crippen LogP contribution in [0.15, 0.2) is 53.4 Å². The Morgan fingerprint density at radius 2 is 2.08 bits per heavy atom. The van der Waals surface area contributed by atoms with Crippen molar-refractivity contribution in [3.8, 4) is 5.75 Å². The Morgan fingerprint density at radius 1 is 1.25 bits per heavy atom. The number of methoxy groups -OCH3 is 1. The molecule has 0 aromatic heterocycles. The van der Waals surface area contributed by atoms with Crippen LogP contribution in [0.4, 0.5) is 10.5 Å². The van der Waals surface area contributed by atoms with E-state index in [4.69, 9.17) is 4.74 Å². The fraction of sp³-hybridized carbons (Fsp3) is 0.316. The van der Waals surface area contributed by atoms with Crippen molar-refractivity contribution >= 4 is 23.5 Å². The number of nitrogens with one attached hydrogen (secondary N) is 1. The van der Waals surface area contributed by atoms with E-state index in [9.17, 15) is 4.79 Å². The summed E-state index contributed by atoms with van der Waals surface area (Å²) in [6.07, 6.45) is 4.00. The number of thioether (sulfide) groups is 1. The number of nitrogens with zero attached hydrogens (tertiary/aromatic N) is 1. The normalized spacial score (nSPS) is 16.9. The third-order valence-corrected chi connectivity index (χ3v) is 5.14. The highest BCUT2D eigenvalue weighted by atomic mass is 32.2. The number of rotatable bonds is 4. The maximum Gasteiger partial charge on any atom is 0.322 e. The predicted octanol–water partition coefficient (Wildman–Crippen LogP) is 4.79. The minimum atomic E-state index is -0.0400. The number of amides is 2. The second-order valence-corrected chi connectivity index (χ2v) is 6.61. The zero-order valence-corrected chi connectivity index (χ0v) is 14.8. The fourth-order valence-corrected chi connectivity index (χ4v) is 3.69. The van der Waals surface area contributed by atoms with Gasteiger partial charge in [-0.05, 0) is 48.9 Å². The SMILES string of the molecule is COc1cccc([C@H]2CCCN2C(=O)Nc2ccccc2SC)c1. The van der Waals surface area contributed by atoms with Crippen molar-refractivity contribution in [1.29, 1.82) is 0 Å². The lowest BCUT2D eigenvalue weighted by Gasteiger charge is -2.26. The summed E-state index contributed by atoms with van der Waals surface area (Å²) in [6, 6.07) is 15.9. The van der Waals surface area contributed by atoms with E-state index < -0.39 is 0 Å². The minimum absolute atomic E-state index is 0.0400. The predicted molar refractivity (Wildman–Crippen MR) is 98.9 cm³/mol. The molecule has 0 unspecified atom stereocenters. The van der Waals surface area contributed by atoms with Gasteiger partial charge >= 0.3 is 6.03 Å². The number of likely N-dealkylation sites (tertiary alicyclic amines) is 1. The molecular weight excluding hydrogens is 320 g/mol. The number of hydrogen-bond acceptors (Lipinski definition) is 3. The lowest BCUT2D eigenvalue weighted by molar-refractivity contribution is 0.207. The molecule has 2 aromatic carbocycles. The molecule has 1 heterocycles. The average Bonchev–Trinajstić information content (AvgIpc) is 3.12. The van der Waals surface area contributed by atoms with Crippen molar-refractivity contribution in [3.63, 3.8) is 0 Å². The Labute approximate surface area is 147 Å². The van der Waals surface area contributed by atoms with Crippen LogP contribution in [0.5, 0.6) is 5.75 Å². The first-order valence-electron chi connectivity index (χ1n) is 8.07. The Morgan fingerprint density at radius 3 is 2.88 bits per heavy atom. The van der Waals surface area contributed by atoms with Crippen molar-refractivity contribution in [2.45, 2.75) is 23.8 Å². The molecule has 0 radical (unpaired) electrons. The first kappa shape index (κ1) is 16.7. The number of ether oxygens (including phenoxy) is 1. The molecule has 1 fully saturated rings. The van der Waals surface area contributed by atoms with E-state index in [-0.39, 0.29) is 12.1 Å². The number of para-hydroxylation sites is 1. The quantitative estimate of drug-likeness (QED) is 0.813. The van der Waals surface area contributed by atoms with Crippen molar-refractivity contribution in [3.05, 3.63) is 54.1 Å². The lowest BCUT2D eigenvalue weighted by Crippen LogP contribution is -2.34. The highest BCUT2D eigenvalue weighted by Gasteiger charge is 2.30. The van der Waals surface area contributed by atoms with E-state index in [1.54, 1.807) is 18.9 Å². The van der Waals surface area contributed by atoms with Gasteiger partial charge in [0, 0.05) is 11.4 Å². The van der Waals surface area contributed by atoms with Gasteiger partial charge in [-0.15, -0.1) is 11.8 Å². The van der Waals surface area contributed by atoms with Crippen LogP contribution in [-0.2, 0) is 0 Å². The smallest absolute Gasteiger partial charge is 0.322 e. The zero-order valence-electron chi connectivity index (χ0n) is 14.0. The number of urea groups is 1. The third-order valence-electron chi connectivity index (χ3n) is 4.34. The summed E-state index contributed by atoms with van der Waals surface area (Å²) in [4.78, 5) is 15.8. The second-order valence-electron chi connectivity index (χ2n) is 5.76. The first-order chi connectivity index (χ1) is 11.7. The maximum atomic E-state index is 12.8. The highest BCUT2D eigenvalue weighted by molar-refractivity contribution is 7.98. The van der Waals surface area contributed by atoms with Crippen molar-refractivity contribution in [2.75, 3.05) is 25.2 Å². The van der Waals surface area contributed by atoms with Gasteiger partial charge in [-0.2, -0.15) is 0 Å². The molecule has 0 saturated carbocycles. The molecule has 3 rings (SSSR count). The van der Waals surface area contributed by atoms with Crippen LogP contribution in [0.25, 0.3) is 0 Å². The fourth-order valence-electron chi connectivity index (χ4n) is 3.14. The maximum absolute atomic E-state index is 12.8. The molecule has 126 valence electrons. The third kappa shape index (κ3) is 3.51. The van der Waals surface area contributed by atoms with Crippen LogP contribution < -0.4 is 10.1 Å². The number of anilines is 1. The van der Waals surface area contributed by atoms with E-state index in [1.165, 1.54) is 0 Å². The van der Waals surface area contributed by atoms with Crippen LogP contribution in [0.1, 0.15) is 24.4 Å². The molecule has 24 heavy (non-hydrogen) atoms. The van der Waals surface area contributed by atoms with Gasteiger partial charge in [-0.25, -0.2) is 4.79 Å². The minimum Gasteiger partial charge on any atom is -0.497 e. The van der Waals surface area contributed by atoms with E-state index >= 15 is 0 Å². The largest absolute Gasteiger partial charge is 0.497 e. The molecule has 0 bridgehead atoms. The molecular formula is C19H22N2O2S. The molecule has 1 atom stereocenters. The molecule has 0 spiro atoms. The topological polar surface area (TPSA) is 41.6 Å². The Bertz CT molecular complexity index is 720. The number of benzene rings is 2. The second kappa shape index (κ2) is 7.62. The summed E-state index contributed by atoms with van der Waals surface area (Å²) in [5.41, 5.74) is 1.99. The molecule has 5 heteroatoms. The van der Waals surface area contributed by atoms with Gasteiger partial charge in [0.25, 0.3) is 0 Å². The summed E-state index contributed by atoms with van der Waals surface area (Å²) in [6.45, 7) is 0.773. The van der Waals surface area contributed by atoms with Crippen molar-refractivity contribution in [1.82, 2.24) is 4.90 Å². The summed E-state index contributed by atoms with van der Waals surface area (Å²) >= 11 is 1.63. The molecule has 4 nitrogen and oxygen atoms in total. The van der Waals surface area contributed by atoms with Gasteiger partial charge in [0.15, 0.2) is 0 Å². The summed E-state index contributed by atoms with van der Waals surface area (Å²) in [5, 5.41) is 3.07. The van der Waals surface area contributed by atoms with Crippen LogP contribution in [0, 0.1) is 0 Å². The summed E-state index contributed by atoms with van der Waals surface area (Å²) in [7, 11) is 1.66.